The van der Waals surface area contributed by atoms with Gasteiger partial charge in [0.1, 0.15) is 33.5 Å². The third kappa shape index (κ3) is 4.65. The second kappa shape index (κ2) is 11.5. The van der Waals surface area contributed by atoms with Gasteiger partial charge in [0.15, 0.2) is 17.5 Å². The minimum atomic E-state index is 0.556. The maximum Gasteiger partial charge on any atom is 0.164 e. The van der Waals surface area contributed by atoms with E-state index >= 15 is 0 Å². The highest BCUT2D eigenvalue weighted by Gasteiger charge is 2.20. The van der Waals surface area contributed by atoms with Crippen molar-refractivity contribution in [2.45, 2.75) is 0 Å². The molecule has 12 rings (SSSR count). The summed E-state index contributed by atoms with van der Waals surface area (Å²) in [6, 6.07) is 55.8. The van der Waals surface area contributed by atoms with Crippen molar-refractivity contribution in [3.05, 3.63) is 164 Å². The van der Waals surface area contributed by atoms with Crippen molar-refractivity contribution in [2.24, 2.45) is 0 Å². The maximum absolute atomic E-state index is 6.59. The molecule has 0 saturated carbocycles. The Kier molecular flexibility index (Phi) is 6.24. The van der Waals surface area contributed by atoms with Crippen LogP contribution in [0.3, 0.4) is 0 Å². The number of hydrogen-bond acceptors (Lipinski definition) is 6. The molecule has 4 aromatic heterocycles. The molecule has 0 aliphatic carbocycles. The molecular formula is C49H27N3O3. The molecule has 0 bridgehead atoms. The summed E-state index contributed by atoms with van der Waals surface area (Å²) in [5.41, 5.74) is 9.73. The van der Waals surface area contributed by atoms with Crippen molar-refractivity contribution in [3.8, 4) is 45.3 Å². The van der Waals surface area contributed by atoms with Gasteiger partial charge in [0, 0.05) is 49.0 Å². The first-order valence-electron chi connectivity index (χ1n) is 18.3. The van der Waals surface area contributed by atoms with E-state index in [9.17, 15) is 0 Å². The predicted octanol–water partition coefficient (Wildman–Crippen LogP) is 13.4. The third-order valence-electron chi connectivity index (χ3n) is 10.7. The van der Waals surface area contributed by atoms with Crippen LogP contribution in [0.4, 0.5) is 0 Å². The number of fused-ring (bicyclic) bond motifs is 10. The molecular weight excluding hydrogens is 679 g/mol. The van der Waals surface area contributed by atoms with Crippen LogP contribution in [0.2, 0.25) is 0 Å². The number of nitrogens with zero attached hydrogens (tertiary/aromatic N) is 3. The molecule has 0 amide bonds. The second-order valence-electron chi connectivity index (χ2n) is 13.9. The molecule has 256 valence electrons. The average molecular weight is 706 g/mol. The number of rotatable bonds is 4. The van der Waals surface area contributed by atoms with Gasteiger partial charge in [0.2, 0.25) is 0 Å². The summed E-state index contributed by atoms with van der Waals surface area (Å²) in [4.78, 5) is 15.5. The summed E-state index contributed by atoms with van der Waals surface area (Å²) < 4.78 is 18.9. The number of hydrogen-bond donors (Lipinski definition) is 0. The van der Waals surface area contributed by atoms with Crippen LogP contribution in [0, 0.1) is 0 Å². The molecule has 6 heteroatoms. The Morgan fingerprint density at radius 1 is 0.291 bits per heavy atom. The van der Waals surface area contributed by atoms with Crippen molar-refractivity contribution in [3.63, 3.8) is 0 Å². The molecule has 0 aliphatic heterocycles. The van der Waals surface area contributed by atoms with Crippen LogP contribution in [-0.2, 0) is 0 Å². The SMILES string of the molecule is c1ccc2c(-c3ccc4c(c3)oc3cccc(-c5nc(-c6ccc7oc8ccccc8c7c6)nc(-c6ccc7oc8ccccc8c7c6)n5)c34)cccc2c1. The van der Waals surface area contributed by atoms with Gasteiger partial charge in [-0.05, 0) is 88.6 Å². The van der Waals surface area contributed by atoms with E-state index in [4.69, 9.17) is 28.2 Å². The normalized spacial score (nSPS) is 12.0. The Bertz CT molecular complexity index is 3380. The van der Waals surface area contributed by atoms with Crippen molar-refractivity contribution >= 4 is 76.6 Å². The van der Waals surface area contributed by atoms with E-state index < -0.39 is 0 Å². The van der Waals surface area contributed by atoms with Crippen LogP contribution in [-0.4, -0.2) is 15.0 Å². The molecule has 55 heavy (non-hydrogen) atoms. The van der Waals surface area contributed by atoms with E-state index in [1.165, 1.54) is 10.8 Å². The molecule has 0 atom stereocenters. The van der Waals surface area contributed by atoms with Gasteiger partial charge in [-0.25, -0.2) is 15.0 Å². The quantitative estimate of drug-likeness (QED) is 0.181. The first kappa shape index (κ1) is 29.9. The molecule has 8 aromatic carbocycles. The Labute approximate surface area is 312 Å². The summed E-state index contributed by atoms with van der Waals surface area (Å²) >= 11 is 0. The van der Waals surface area contributed by atoms with Gasteiger partial charge in [0.25, 0.3) is 0 Å². The lowest BCUT2D eigenvalue weighted by Gasteiger charge is -2.10. The zero-order chi connectivity index (χ0) is 36.0. The number of furan rings is 3. The van der Waals surface area contributed by atoms with Crippen LogP contribution in [0.5, 0.6) is 0 Å². The molecule has 6 nitrogen and oxygen atoms in total. The van der Waals surface area contributed by atoms with Gasteiger partial charge in [-0.2, -0.15) is 0 Å². The van der Waals surface area contributed by atoms with E-state index in [-0.39, 0.29) is 0 Å². The largest absolute Gasteiger partial charge is 0.456 e. The summed E-state index contributed by atoms with van der Waals surface area (Å²) in [5.74, 6) is 1.68. The predicted molar refractivity (Wildman–Crippen MR) is 221 cm³/mol. The van der Waals surface area contributed by atoms with Crippen molar-refractivity contribution in [1.29, 1.82) is 0 Å². The highest BCUT2D eigenvalue weighted by molar-refractivity contribution is 6.13. The van der Waals surface area contributed by atoms with E-state index in [1.807, 2.05) is 72.8 Å². The first-order valence-corrected chi connectivity index (χ1v) is 18.3. The topological polar surface area (TPSA) is 78.1 Å². The Morgan fingerprint density at radius 3 is 1.51 bits per heavy atom. The standard InChI is InChI=1S/C49H27N3O3/c1-2-11-32-28(9-1)10-7-14-33(32)29-19-22-36-45(27-29)55-44-18-8-15-37(46(36)44)49-51-47(30-20-23-42-38(25-30)34-12-3-5-16-40(34)53-42)50-48(52-49)31-21-24-43-39(26-31)35-13-4-6-17-41(35)54-43/h1-27H. The fourth-order valence-corrected chi connectivity index (χ4v) is 8.14. The number of benzene rings is 8. The molecule has 4 heterocycles. The molecule has 0 N–H and O–H groups in total. The molecule has 12 aromatic rings. The molecule has 0 fully saturated rings. The Balaban J connectivity index is 1.08. The number of aromatic nitrogens is 3. The third-order valence-corrected chi connectivity index (χ3v) is 10.7. The van der Waals surface area contributed by atoms with Gasteiger partial charge in [-0.15, -0.1) is 0 Å². The Hall–Kier alpha value is -7.57. The Morgan fingerprint density at radius 2 is 0.800 bits per heavy atom. The van der Waals surface area contributed by atoms with Gasteiger partial charge in [-0.3, -0.25) is 0 Å². The smallest absolute Gasteiger partial charge is 0.164 e. The minimum Gasteiger partial charge on any atom is -0.456 e. The zero-order valence-corrected chi connectivity index (χ0v) is 29.2. The first-order chi connectivity index (χ1) is 27.2. The second-order valence-corrected chi connectivity index (χ2v) is 13.9. The van der Waals surface area contributed by atoms with Gasteiger partial charge >= 0.3 is 0 Å². The van der Waals surface area contributed by atoms with Crippen LogP contribution in [0.25, 0.3) is 122 Å². The fraction of sp³-hybridized carbons (Fsp3) is 0. The lowest BCUT2D eigenvalue weighted by atomic mass is 9.97. The summed E-state index contributed by atoms with van der Waals surface area (Å²) in [5, 5.41) is 8.46. The number of para-hydroxylation sites is 2. The van der Waals surface area contributed by atoms with E-state index in [1.54, 1.807) is 0 Å². The van der Waals surface area contributed by atoms with E-state index in [0.717, 1.165) is 93.6 Å². The highest BCUT2D eigenvalue weighted by Crippen LogP contribution is 2.40. The van der Waals surface area contributed by atoms with Gasteiger partial charge in [-0.1, -0.05) is 97.1 Å². The lowest BCUT2D eigenvalue weighted by molar-refractivity contribution is 0.668. The molecule has 0 saturated heterocycles. The fourth-order valence-electron chi connectivity index (χ4n) is 8.14. The van der Waals surface area contributed by atoms with Crippen molar-refractivity contribution < 1.29 is 13.3 Å². The van der Waals surface area contributed by atoms with E-state index in [2.05, 4.69) is 91.0 Å². The monoisotopic (exact) mass is 705 g/mol. The molecule has 0 unspecified atom stereocenters. The highest BCUT2D eigenvalue weighted by atomic mass is 16.3. The maximum atomic E-state index is 6.59. The summed E-state index contributed by atoms with van der Waals surface area (Å²) in [7, 11) is 0. The van der Waals surface area contributed by atoms with Crippen molar-refractivity contribution in [2.75, 3.05) is 0 Å². The zero-order valence-electron chi connectivity index (χ0n) is 29.2. The van der Waals surface area contributed by atoms with Crippen LogP contribution in [0.15, 0.2) is 177 Å². The van der Waals surface area contributed by atoms with Crippen LogP contribution < -0.4 is 0 Å². The average Bonchev–Trinajstić information content (AvgIpc) is 3.93. The van der Waals surface area contributed by atoms with E-state index in [0.29, 0.717) is 17.5 Å². The summed E-state index contributed by atoms with van der Waals surface area (Å²) in [6.07, 6.45) is 0. The van der Waals surface area contributed by atoms with Crippen molar-refractivity contribution in [1.82, 2.24) is 15.0 Å². The lowest BCUT2D eigenvalue weighted by Crippen LogP contribution is -2.00. The molecule has 0 spiro atoms. The summed E-state index contributed by atoms with van der Waals surface area (Å²) in [6.45, 7) is 0. The van der Waals surface area contributed by atoms with Gasteiger partial charge < -0.3 is 13.3 Å². The van der Waals surface area contributed by atoms with Crippen LogP contribution >= 0.6 is 0 Å². The van der Waals surface area contributed by atoms with Gasteiger partial charge in [0.05, 0.1) is 0 Å². The molecule has 0 radical (unpaired) electrons. The van der Waals surface area contributed by atoms with Crippen LogP contribution in [0.1, 0.15) is 0 Å². The minimum absolute atomic E-state index is 0.556. The molecule has 0 aliphatic rings.